The van der Waals surface area contributed by atoms with Crippen LogP contribution in [0.3, 0.4) is 0 Å². The molecule has 0 bridgehead atoms. The first-order valence-corrected chi connectivity index (χ1v) is 9.66. The minimum atomic E-state index is 0.0223. The highest BCUT2D eigenvalue weighted by molar-refractivity contribution is 5.95. The van der Waals surface area contributed by atoms with E-state index in [0.717, 1.165) is 5.56 Å². The molecule has 2 heteroatoms. The topological polar surface area (TPSA) is 29.1 Å². The van der Waals surface area contributed by atoms with Crippen molar-refractivity contribution in [3.8, 4) is 0 Å². The van der Waals surface area contributed by atoms with Crippen LogP contribution in [0, 0.1) is 5.92 Å². The molecule has 3 aromatic carbocycles. The van der Waals surface area contributed by atoms with Gasteiger partial charge in [0.2, 0.25) is 0 Å². The average Bonchev–Trinajstić information content (AvgIpc) is 2.73. The summed E-state index contributed by atoms with van der Waals surface area (Å²) in [7, 11) is 0. The molecule has 1 aliphatic carbocycles. The van der Waals surface area contributed by atoms with Gasteiger partial charge in [0, 0.05) is 5.56 Å². The van der Waals surface area contributed by atoms with Gasteiger partial charge in [0.1, 0.15) is 0 Å². The third-order valence-corrected chi connectivity index (χ3v) is 5.60. The molecule has 2 nitrogen and oxygen atoms in total. The van der Waals surface area contributed by atoms with Gasteiger partial charge in [-0.25, -0.2) is 0 Å². The van der Waals surface area contributed by atoms with E-state index < -0.39 is 0 Å². The molecule has 1 saturated carbocycles. The van der Waals surface area contributed by atoms with Crippen LogP contribution < -0.4 is 5.32 Å². The van der Waals surface area contributed by atoms with Gasteiger partial charge in [-0.1, -0.05) is 79.9 Å². The smallest absolute Gasteiger partial charge is 0.251 e. The summed E-state index contributed by atoms with van der Waals surface area (Å²) >= 11 is 0. The average molecular weight is 343 g/mol. The van der Waals surface area contributed by atoms with Crippen molar-refractivity contribution in [3.63, 3.8) is 0 Å². The Hall–Kier alpha value is -2.61. The van der Waals surface area contributed by atoms with Crippen molar-refractivity contribution in [2.24, 2.45) is 5.92 Å². The van der Waals surface area contributed by atoms with Gasteiger partial charge in [-0.3, -0.25) is 4.79 Å². The summed E-state index contributed by atoms with van der Waals surface area (Å²) in [6.45, 7) is 0. The number of carbonyl (C=O) groups excluding carboxylic acids is 1. The minimum Gasteiger partial charge on any atom is -0.345 e. The minimum absolute atomic E-state index is 0.0223. The van der Waals surface area contributed by atoms with Gasteiger partial charge >= 0.3 is 0 Å². The summed E-state index contributed by atoms with van der Waals surface area (Å²) < 4.78 is 0. The van der Waals surface area contributed by atoms with Crippen LogP contribution in [0.4, 0.5) is 0 Å². The fraction of sp³-hybridized carbons (Fsp3) is 0.292. The number of hydrogen-bond acceptors (Lipinski definition) is 1. The van der Waals surface area contributed by atoms with E-state index in [0.29, 0.717) is 5.92 Å². The van der Waals surface area contributed by atoms with E-state index in [1.165, 1.54) is 48.4 Å². The van der Waals surface area contributed by atoms with Crippen molar-refractivity contribution in [1.29, 1.82) is 0 Å². The number of hydrogen-bond donors (Lipinski definition) is 1. The summed E-state index contributed by atoms with van der Waals surface area (Å²) in [6, 6.07) is 24.6. The van der Waals surface area contributed by atoms with Gasteiger partial charge in [0.05, 0.1) is 6.04 Å². The summed E-state index contributed by atoms with van der Waals surface area (Å²) in [5, 5.41) is 5.86. The Balaban J connectivity index is 1.72. The lowest BCUT2D eigenvalue weighted by molar-refractivity contribution is 0.0913. The highest BCUT2D eigenvalue weighted by Gasteiger charge is 2.28. The normalized spacial score (nSPS) is 16.3. The highest BCUT2D eigenvalue weighted by Crippen LogP contribution is 2.37. The zero-order chi connectivity index (χ0) is 17.8. The Morgan fingerprint density at radius 3 is 2.31 bits per heavy atom. The molecule has 26 heavy (non-hydrogen) atoms. The molecule has 0 saturated heterocycles. The third kappa shape index (κ3) is 3.50. The van der Waals surface area contributed by atoms with Crippen LogP contribution in [0.5, 0.6) is 0 Å². The fourth-order valence-electron chi connectivity index (χ4n) is 4.25. The number of fused-ring (bicyclic) bond motifs is 1. The second-order valence-corrected chi connectivity index (χ2v) is 7.28. The number of rotatable bonds is 4. The van der Waals surface area contributed by atoms with Crippen molar-refractivity contribution < 1.29 is 4.79 Å². The van der Waals surface area contributed by atoms with Gasteiger partial charge in [-0.2, -0.15) is 0 Å². The fourth-order valence-corrected chi connectivity index (χ4v) is 4.25. The van der Waals surface area contributed by atoms with Crippen molar-refractivity contribution >= 4 is 16.7 Å². The lowest BCUT2D eigenvalue weighted by Crippen LogP contribution is -2.34. The number of amides is 1. The molecule has 1 amide bonds. The lowest BCUT2D eigenvalue weighted by atomic mass is 9.80. The zero-order valence-corrected chi connectivity index (χ0v) is 15.0. The quantitative estimate of drug-likeness (QED) is 0.628. The number of nitrogens with one attached hydrogen (secondary N) is 1. The van der Waals surface area contributed by atoms with Gasteiger partial charge < -0.3 is 5.32 Å². The van der Waals surface area contributed by atoms with E-state index in [4.69, 9.17) is 0 Å². The van der Waals surface area contributed by atoms with Gasteiger partial charge in [0.25, 0.3) is 5.91 Å². The molecule has 4 rings (SSSR count). The summed E-state index contributed by atoms with van der Waals surface area (Å²) in [4.78, 5) is 12.9. The van der Waals surface area contributed by atoms with Crippen molar-refractivity contribution in [1.82, 2.24) is 5.32 Å². The van der Waals surface area contributed by atoms with Crippen LogP contribution in [-0.2, 0) is 0 Å². The molecule has 0 radical (unpaired) electrons. The maximum absolute atomic E-state index is 12.9. The molecule has 1 atom stereocenters. The van der Waals surface area contributed by atoms with Crippen LogP contribution in [0.25, 0.3) is 10.8 Å². The molecule has 0 spiro atoms. The van der Waals surface area contributed by atoms with Crippen LogP contribution >= 0.6 is 0 Å². The molecule has 1 fully saturated rings. The summed E-state index contributed by atoms with van der Waals surface area (Å²) in [5.41, 5.74) is 1.98. The molecule has 132 valence electrons. The van der Waals surface area contributed by atoms with E-state index >= 15 is 0 Å². The van der Waals surface area contributed by atoms with E-state index in [2.05, 4.69) is 47.8 Å². The molecule has 3 aromatic rings. The summed E-state index contributed by atoms with van der Waals surface area (Å²) in [6.07, 6.45) is 6.19. The molecular weight excluding hydrogens is 318 g/mol. The highest BCUT2D eigenvalue weighted by atomic mass is 16.1. The van der Waals surface area contributed by atoms with E-state index in [1.54, 1.807) is 0 Å². The third-order valence-electron chi connectivity index (χ3n) is 5.60. The van der Waals surface area contributed by atoms with Crippen molar-refractivity contribution in [2.45, 2.75) is 38.1 Å². The Kier molecular flexibility index (Phi) is 5.01. The number of benzene rings is 3. The van der Waals surface area contributed by atoms with Crippen LogP contribution in [0.2, 0.25) is 0 Å². The first kappa shape index (κ1) is 16.8. The predicted octanol–water partition coefficient (Wildman–Crippen LogP) is 5.89. The largest absolute Gasteiger partial charge is 0.345 e. The summed E-state index contributed by atoms with van der Waals surface area (Å²) in [5.74, 6) is 0.524. The predicted molar refractivity (Wildman–Crippen MR) is 107 cm³/mol. The molecule has 0 heterocycles. The van der Waals surface area contributed by atoms with E-state index in [1.807, 2.05) is 30.3 Å². The van der Waals surface area contributed by atoms with Gasteiger partial charge in [0.15, 0.2) is 0 Å². The van der Waals surface area contributed by atoms with Gasteiger partial charge in [-0.05, 0) is 47.2 Å². The zero-order valence-electron chi connectivity index (χ0n) is 15.0. The maximum atomic E-state index is 12.9. The van der Waals surface area contributed by atoms with Crippen molar-refractivity contribution in [2.75, 3.05) is 0 Å². The first-order chi connectivity index (χ1) is 12.8. The molecule has 0 aromatic heterocycles. The molecule has 1 N–H and O–H groups in total. The molecule has 0 aliphatic heterocycles. The Morgan fingerprint density at radius 2 is 1.50 bits per heavy atom. The van der Waals surface area contributed by atoms with E-state index in [9.17, 15) is 4.79 Å². The number of carbonyl (C=O) groups is 1. The second-order valence-electron chi connectivity index (χ2n) is 7.28. The monoisotopic (exact) mass is 343 g/mol. The van der Waals surface area contributed by atoms with Crippen LogP contribution in [0.1, 0.15) is 54.1 Å². The molecule has 1 aliphatic rings. The maximum Gasteiger partial charge on any atom is 0.251 e. The Bertz CT molecular complexity index is 876. The Labute approximate surface area is 155 Å². The van der Waals surface area contributed by atoms with Crippen LogP contribution in [0.15, 0.2) is 72.8 Å². The van der Waals surface area contributed by atoms with E-state index in [-0.39, 0.29) is 11.9 Å². The van der Waals surface area contributed by atoms with Gasteiger partial charge in [-0.15, -0.1) is 0 Å². The first-order valence-electron chi connectivity index (χ1n) is 9.66. The second kappa shape index (κ2) is 7.74. The SMILES string of the molecule is O=C(N[C@H](c1cccc2ccccc12)C1CCCCC1)c1ccccc1. The van der Waals surface area contributed by atoms with Crippen molar-refractivity contribution in [3.05, 3.63) is 83.9 Å². The standard InChI is InChI=1S/C24H25NO/c26-24(20-13-5-2-6-14-20)25-23(19-11-3-1-4-12-19)22-17-9-15-18-10-7-8-16-21(18)22/h2,5-10,13-17,19,23H,1,3-4,11-12H2,(H,25,26)/t23-/m0/s1. The molecule has 0 unspecified atom stereocenters. The molecular formula is C24H25NO. The van der Waals surface area contributed by atoms with Crippen LogP contribution in [-0.4, -0.2) is 5.91 Å². The Morgan fingerprint density at radius 1 is 0.808 bits per heavy atom. The lowest BCUT2D eigenvalue weighted by Gasteiger charge is -2.32.